The molecule has 0 bridgehead atoms. The fourth-order valence-electron chi connectivity index (χ4n) is 1.07. The first-order chi connectivity index (χ1) is 8.63. The molecule has 0 aromatic heterocycles. The number of carbonyl (C=O) groups is 2. The summed E-state index contributed by atoms with van der Waals surface area (Å²) in [5.74, 6) is -0.0612. The van der Waals surface area contributed by atoms with Crippen molar-refractivity contribution in [3.05, 3.63) is 35.9 Å². The third kappa shape index (κ3) is 8.33. The highest BCUT2D eigenvalue weighted by Gasteiger charge is 1.95. The van der Waals surface area contributed by atoms with E-state index in [2.05, 4.69) is 10.1 Å². The highest BCUT2D eigenvalue weighted by atomic mass is 16.5. The van der Waals surface area contributed by atoms with E-state index >= 15 is 0 Å². The second kappa shape index (κ2) is 10.3. The van der Waals surface area contributed by atoms with E-state index in [0.29, 0.717) is 19.4 Å². The van der Waals surface area contributed by atoms with Crippen molar-refractivity contribution in [2.45, 2.75) is 33.2 Å². The van der Waals surface area contributed by atoms with Crippen LogP contribution in [0.1, 0.15) is 32.3 Å². The molecule has 0 radical (unpaired) electrons. The van der Waals surface area contributed by atoms with Crippen LogP contribution in [0.3, 0.4) is 0 Å². The Morgan fingerprint density at radius 1 is 1.11 bits per heavy atom. The first-order valence-electron chi connectivity index (χ1n) is 6.01. The van der Waals surface area contributed by atoms with Crippen molar-refractivity contribution >= 4 is 11.9 Å². The molecule has 0 saturated carbocycles. The highest BCUT2D eigenvalue weighted by molar-refractivity contribution is 5.75. The smallest absolute Gasteiger partial charge is 0.305 e. The minimum absolute atomic E-state index is 0.0962. The lowest BCUT2D eigenvalue weighted by atomic mass is 10.2. The molecule has 18 heavy (non-hydrogen) atoms. The number of ether oxygens (including phenoxy) is 1. The van der Waals surface area contributed by atoms with Gasteiger partial charge in [0.25, 0.3) is 0 Å². The van der Waals surface area contributed by atoms with Gasteiger partial charge in [-0.1, -0.05) is 44.2 Å². The molecule has 1 rings (SSSR count). The molecule has 0 aliphatic rings. The predicted molar refractivity (Wildman–Crippen MR) is 70.9 cm³/mol. The molecule has 0 fully saturated rings. The number of benzene rings is 1. The average molecular weight is 251 g/mol. The normalized spacial score (nSPS) is 8.83. The van der Waals surface area contributed by atoms with Crippen LogP contribution in [-0.4, -0.2) is 19.0 Å². The van der Waals surface area contributed by atoms with Gasteiger partial charge >= 0.3 is 5.97 Å². The lowest BCUT2D eigenvalue weighted by molar-refractivity contribution is -0.140. The van der Waals surface area contributed by atoms with Gasteiger partial charge in [0.1, 0.15) is 0 Å². The van der Waals surface area contributed by atoms with Crippen molar-refractivity contribution in [1.29, 1.82) is 0 Å². The van der Waals surface area contributed by atoms with Crippen LogP contribution < -0.4 is 5.32 Å². The minimum Gasteiger partial charge on any atom is -0.469 e. The second-order valence-electron chi connectivity index (χ2n) is 3.55. The lowest BCUT2D eigenvalue weighted by Crippen LogP contribution is -2.21. The molecule has 1 N–H and O–H groups in total. The highest BCUT2D eigenvalue weighted by Crippen LogP contribution is 1.96. The zero-order chi connectivity index (χ0) is 13.8. The zero-order valence-corrected chi connectivity index (χ0v) is 11.2. The van der Waals surface area contributed by atoms with E-state index in [1.165, 1.54) is 7.11 Å². The maximum Gasteiger partial charge on any atom is 0.305 e. The van der Waals surface area contributed by atoms with E-state index in [1.807, 2.05) is 37.3 Å². The fraction of sp³-hybridized carbons (Fsp3) is 0.429. The van der Waals surface area contributed by atoms with Gasteiger partial charge in [-0.15, -0.1) is 0 Å². The average Bonchev–Trinajstić information content (AvgIpc) is 2.45. The van der Waals surface area contributed by atoms with Crippen molar-refractivity contribution < 1.29 is 14.3 Å². The zero-order valence-electron chi connectivity index (χ0n) is 11.2. The van der Waals surface area contributed by atoms with Gasteiger partial charge in [-0.25, -0.2) is 0 Å². The van der Waals surface area contributed by atoms with E-state index < -0.39 is 0 Å². The molecule has 0 aliphatic heterocycles. The van der Waals surface area contributed by atoms with E-state index in [9.17, 15) is 9.59 Å². The molecule has 1 aromatic rings. The van der Waals surface area contributed by atoms with Crippen LogP contribution in [0, 0.1) is 0 Å². The van der Waals surface area contributed by atoms with E-state index in [1.54, 1.807) is 6.92 Å². The summed E-state index contributed by atoms with van der Waals surface area (Å²) in [6.07, 6.45) is 1.02. The molecule has 0 unspecified atom stereocenters. The third-order valence-electron chi connectivity index (χ3n) is 2.17. The standard InChI is InChI=1S/C10H13NO.C4H8O2/c1-2-10(12)11-8-9-6-4-3-5-7-9;1-3-4(5)6-2/h3-7H,2,8H2,1H3,(H,11,12);3H2,1-2H3. The summed E-state index contributed by atoms with van der Waals surface area (Å²) in [6, 6.07) is 9.89. The molecule has 100 valence electrons. The Balaban J connectivity index is 0.000000411. The number of rotatable bonds is 4. The number of esters is 1. The Morgan fingerprint density at radius 2 is 1.72 bits per heavy atom. The monoisotopic (exact) mass is 251 g/mol. The summed E-state index contributed by atoms with van der Waals surface area (Å²) < 4.78 is 4.26. The number of methoxy groups -OCH3 is 1. The molecule has 0 aliphatic carbocycles. The molecular weight excluding hydrogens is 230 g/mol. The largest absolute Gasteiger partial charge is 0.469 e. The molecule has 0 atom stereocenters. The van der Waals surface area contributed by atoms with Gasteiger partial charge in [0, 0.05) is 19.4 Å². The Hall–Kier alpha value is -1.84. The summed E-state index contributed by atoms with van der Waals surface area (Å²) in [6.45, 7) is 4.24. The number of hydrogen-bond donors (Lipinski definition) is 1. The van der Waals surface area contributed by atoms with Gasteiger partial charge in [-0.2, -0.15) is 0 Å². The topological polar surface area (TPSA) is 55.4 Å². The number of carbonyl (C=O) groups excluding carboxylic acids is 2. The van der Waals surface area contributed by atoms with Crippen LogP contribution in [0.2, 0.25) is 0 Å². The Labute approximate surface area is 108 Å². The van der Waals surface area contributed by atoms with Gasteiger partial charge in [-0.3, -0.25) is 9.59 Å². The van der Waals surface area contributed by atoms with E-state index in [4.69, 9.17) is 0 Å². The lowest BCUT2D eigenvalue weighted by Gasteiger charge is -2.02. The molecule has 0 heterocycles. The molecule has 1 aromatic carbocycles. The summed E-state index contributed by atoms with van der Waals surface area (Å²) in [5.41, 5.74) is 1.14. The van der Waals surface area contributed by atoms with E-state index in [-0.39, 0.29) is 11.9 Å². The minimum atomic E-state index is -0.157. The Bertz CT molecular complexity index is 343. The fourth-order valence-corrected chi connectivity index (χ4v) is 1.07. The summed E-state index contributed by atoms with van der Waals surface area (Å²) in [7, 11) is 1.38. The van der Waals surface area contributed by atoms with Crippen molar-refractivity contribution in [3.8, 4) is 0 Å². The maximum absolute atomic E-state index is 10.9. The Kier molecular flexibility index (Phi) is 9.27. The first-order valence-corrected chi connectivity index (χ1v) is 6.01. The summed E-state index contributed by atoms with van der Waals surface area (Å²) in [4.78, 5) is 20.8. The molecule has 0 saturated heterocycles. The quantitative estimate of drug-likeness (QED) is 0.835. The van der Waals surface area contributed by atoms with Crippen LogP contribution in [0.15, 0.2) is 30.3 Å². The summed E-state index contributed by atoms with van der Waals surface area (Å²) in [5, 5.41) is 2.81. The van der Waals surface area contributed by atoms with E-state index in [0.717, 1.165) is 5.56 Å². The molecule has 4 heteroatoms. The number of nitrogens with one attached hydrogen (secondary N) is 1. The van der Waals surface area contributed by atoms with Crippen molar-refractivity contribution in [1.82, 2.24) is 5.32 Å². The predicted octanol–water partition coefficient (Wildman–Crippen LogP) is 2.28. The summed E-state index contributed by atoms with van der Waals surface area (Å²) >= 11 is 0. The second-order valence-corrected chi connectivity index (χ2v) is 3.55. The van der Waals surface area contributed by atoms with Crippen LogP contribution >= 0.6 is 0 Å². The Morgan fingerprint density at radius 3 is 2.11 bits per heavy atom. The van der Waals surface area contributed by atoms with Crippen molar-refractivity contribution in [2.75, 3.05) is 7.11 Å². The van der Waals surface area contributed by atoms with Gasteiger partial charge < -0.3 is 10.1 Å². The number of hydrogen-bond acceptors (Lipinski definition) is 3. The SMILES string of the molecule is CCC(=O)NCc1ccccc1.CCC(=O)OC. The van der Waals surface area contributed by atoms with Crippen LogP contribution in [-0.2, 0) is 20.9 Å². The van der Waals surface area contributed by atoms with Gasteiger partial charge in [0.15, 0.2) is 0 Å². The molecule has 1 amide bonds. The van der Waals surface area contributed by atoms with Gasteiger partial charge in [0.2, 0.25) is 5.91 Å². The number of amides is 1. The molecular formula is C14H21NO3. The maximum atomic E-state index is 10.9. The van der Waals surface area contributed by atoms with Gasteiger partial charge in [-0.05, 0) is 5.56 Å². The third-order valence-corrected chi connectivity index (χ3v) is 2.17. The first kappa shape index (κ1) is 16.2. The van der Waals surface area contributed by atoms with Crippen LogP contribution in [0.5, 0.6) is 0 Å². The molecule has 0 spiro atoms. The molecule has 4 nitrogen and oxygen atoms in total. The van der Waals surface area contributed by atoms with Crippen LogP contribution in [0.4, 0.5) is 0 Å². The van der Waals surface area contributed by atoms with Crippen molar-refractivity contribution in [2.24, 2.45) is 0 Å². The van der Waals surface area contributed by atoms with Crippen LogP contribution in [0.25, 0.3) is 0 Å². The van der Waals surface area contributed by atoms with Crippen molar-refractivity contribution in [3.63, 3.8) is 0 Å². The van der Waals surface area contributed by atoms with Gasteiger partial charge in [0.05, 0.1) is 7.11 Å².